The van der Waals surface area contributed by atoms with Gasteiger partial charge in [-0.15, -0.1) is 0 Å². The molecule has 1 N–H and O–H groups in total. The first-order chi connectivity index (χ1) is 7.10. The molecule has 2 nitrogen and oxygen atoms in total. The molecule has 1 amide bonds. The first-order valence-electron chi connectivity index (χ1n) is 6.07. The number of allylic oxidation sites excluding steroid dienone is 1. The van der Waals surface area contributed by atoms with E-state index in [0.29, 0.717) is 5.41 Å². The number of amides is 1. The summed E-state index contributed by atoms with van der Waals surface area (Å²) in [5.41, 5.74) is 0.425. The number of rotatable bonds is 4. The molecule has 0 aromatic heterocycles. The molecule has 0 spiro atoms. The summed E-state index contributed by atoms with van der Waals surface area (Å²) in [5, 5.41) is 2.90. The number of carbonyl (C=O) groups excluding carboxylic acids is 1. The lowest BCUT2D eigenvalue weighted by molar-refractivity contribution is -0.116. The second-order valence-corrected chi connectivity index (χ2v) is 6.65. The lowest BCUT2D eigenvalue weighted by Gasteiger charge is -2.17. The van der Waals surface area contributed by atoms with Crippen LogP contribution in [0.2, 0.25) is 0 Å². The highest BCUT2D eigenvalue weighted by Crippen LogP contribution is 2.19. The average Bonchev–Trinajstić information content (AvgIpc) is 2.06. The molecule has 16 heavy (non-hydrogen) atoms. The molecule has 0 aliphatic carbocycles. The maximum Gasteiger partial charge on any atom is 0.243 e. The normalized spacial score (nSPS) is 13.1. The first-order valence-corrected chi connectivity index (χ1v) is 6.07. The molecule has 0 heterocycles. The number of carbonyl (C=O) groups is 1. The van der Waals surface area contributed by atoms with Crippen LogP contribution in [0, 0.1) is 10.8 Å². The van der Waals surface area contributed by atoms with Gasteiger partial charge in [-0.1, -0.05) is 47.6 Å². The van der Waals surface area contributed by atoms with Gasteiger partial charge in [0.25, 0.3) is 0 Å². The van der Waals surface area contributed by atoms with E-state index in [1.54, 1.807) is 6.08 Å². The molecule has 0 atom stereocenters. The second kappa shape index (κ2) is 6.07. The molecule has 0 bridgehead atoms. The van der Waals surface area contributed by atoms with Gasteiger partial charge in [-0.3, -0.25) is 4.79 Å². The molecule has 0 unspecified atom stereocenters. The van der Waals surface area contributed by atoms with Crippen LogP contribution in [0.3, 0.4) is 0 Å². The number of hydrogen-bond donors (Lipinski definition) is 1. The molecular weight excluding hydrogens is 198 g/mol. The Balaban J connectivity index is 3.72. The van der Waals surface area contributed by atoms with Gasteiger partial charge in [-0.05, 0) is 29.7 Å². The zero-order valence-corrected chi connectivity index (χ0v) is 11.7. The summed E-state index contributed by atoms with van der Waals surface area (Å²) in [7, 11) is 0. The van der Waals surface area contributed by atoms with Crippen LogP contribution in [-0.4, -0.2) is 12.5 Å². The Hall–Kier alpha value is -0.790. The van der Waals surface area contributed by atoms with E-state index in [0.717, 1.165) is 19.4 Å². The molecule has 0 aromatic carbocycles. The van der Waals surface area contributed by atoms with E-state index in [9.17, 15) is 4.79 Å². The van der Waals surface area contributed by atoms with Gasteiger partial charge < -0.3 is 5.32 Å². The molecule has 0 saturated heterocycles. The van der Waals surface area contributed by atoms with Crippen LogP contribution in [0.5, 0.6) is 0 Å². The van der Waals surface area contributed by atoms with E-state index in [1.807, 2.05) is 6.08 Å². The highest BCUT2D eigenvalue weighted by atomic mass is 16.1. The van der Waals surface area contributed by atoms with E-state index in [4.69, 9.17) is 0 Å². The molecule has 0 fully saturated rings. The van der Waals surface area contributed by atoms with Crippen LogP contribution in [0.4, 0.5) is 0 Å². The quantitative estimate of drug-likeness (QED) is 0.575. The van der Waals surface area contributed by atoms with Crippen molar-refractivity contribution in [1.82, 2.24) is 5.32 Å². The summed E-state index contributed by atoms with van der Waals surface area (Å²) in [6, 6.07) is 0. The highest BCUT2D eigenvalue weighted by molar-refractivity contribution is 5.87. The van der Waals surface area contributed by atoms with Gasteiger partial charge in [-0.2, -0.15) is 0 Å². The lowest BCUT2D eigenvalue weighted by Crippen LogP contribution is -2.23. The molecule has 94 valence electrons. The minimum atomic E-state index is 0.0174. The second-order valence-electron chi connectivity index (χ2n) is 6.65. The smallest absolute Gasteiger partial charge is 0.243 e. The van der Waals surface area contributed by atoms with Crippen molar-refractivity contribution in [2.75, 3.05) is 6.54 Å². The predicted molar refractivity (Wildman–Crippen MR) is 70.3 cm³/mol. The van der Waals surface area contributed by atoms with Crippen LogP contribution >= 0.6 is 0 Å². The van der Waals surface area contributed by atoms with E-state index in [2.05, 4.69) is 46.9 Å². The molecule has 0 aromatic rings. The van der Waals surface area contributed by atoms with Crippen LogP contribution in [0.1, 0.15) is 54.4 Å². The van der Waals surface area contributed by atoms with E-state index >= 15 is 0 Å². The van der Waals surface area contributed by atoms with Gasteiger partial charge in [-0.25, -0.2) is 0 Å². The summed E-state index contributed by atoms with van der Waals surface area (Å²) in [5.74, 6) is 0.0174. The van der Waals surface area contributed by atoms with Crippen molar-refractivity contribution in [3.05, 3.63) is 12.2 Å². The van der Waals surface area contributed by atoms with Crippen LogP contribution in [0.15, 0.2) is 12.2 Å². The SMILES string of the molecule is CC(C)(C)/C=C/C(=O)NCCCC(C)(C)C. The highest BCUT2D eigenvalue weighted by Gasteiger charge is 2.09. The molecule has 0 rings (SSSR count). The maximum atomic E-state index is 11.4. The van der Waals surface area contributed by atoms with Gasteiger partial charge in [0.15, 0.2) is 0 Å². The van der Waals surface area contributed by atoms with Crippen molar-refractivity contribution in [2.24, 2.45) is 10.8 Å². The van der Waals surface area contributed by atoms with Crippen LogP contribution < -0.4 is 5.32 Å². The van der Waals surface area contributed by atoms with Crippen molar-refractivity contribution in [1.29, 1.82) is 0 Å². The minimum Gasteiger partial charge on any atom is -0.353 e. The third-order valence-electron chi connectivity index (χ3n) is 2.14. The molecular formula is C14H27NO. The zero-order chi connectivity index (χ0) is 12.8. The molecule has 0 aliphatic heterocycles. The largest absolute Gasteiger partial charge is 0.353 e. The van der Waals surface area contributed by atoms with Crippen molar-refractivity contribution in [2.45, 2.75) is 54.4 Å². The van der Waals surface area contributed by atoms with Crippen molar-refractivity contribution < 1.29 is 4.79 Å². The summed E-state index contributed by atoms with van der Waals surface area (Å²) in [4.78, 5) is 11.4. The fourth-order valence-electron chi connectivity index (χ4n) is 1.21. The van der Waals surface area contributed by atoms with Crippen molar-refractivity contribution in [3.63, 3.8) is 0 Å². The molecule has 0 saturated carbocycles. The van der Waals surface area contributed by atoms with Crippen LogP contribution in [0.25, 0.3) is 0 Å². The third kappa shape index (κ3) is 11.3. The molecule has 0 radical (unpaired) electrons. The van der Waals surface area contributed by atoms with E-state index in [-0.39, 0.29) is 11.3 Å². The fraction of sp³-hybridized carbons (Fsp3) is 0.786. The Labute approximate surface area is 101 Å². The van der Waals surface area contributed by atoms with Gasteiger partial charge in [0.1, 0.15) is 0 Å². The van der Waals surface area contributed by atoms with Gasteiger partial charge in [0, 0.05) is 6.54 Å². The van der Waals surface area contributed by atoms with E-state index < -0.39 is 0 Å². The van der Waals surface area contributed by atoms with Gasteiger partial charge in [0.05, 0.1) is 0 Å². The zero-order valence-electron chi connectivity index (χ0n) is 11.7. The lowest BCUT2D eigenvalue weighted by atomic mass is 9.91. The summed E-state index contributed by atoms with van der Waals surface area (Å²) in [6.45, 7) is 13.7. The minimum absolute atomic E-state index is 0.0174. The Morgan fingerprint density at radius 3 is 2.12 bits per heavy atom. The predicted octanol–water partition coefficient (Wildman–Crippen LogP) is 3.53. The third-order valence-corrected chi connectivity index (χ3v) is 2.14. The Morgan fingerprint density at radius 1 is 1.12 bits per heavy atom. The Bertz CT molecular complexity index is 240. The molecule has 2 heteroatoms. The van der Waals surface area contributed by atoms with Gasteiger partial charge in [0.2, 0.25) is 5.91 Å². The van der Waals surface area contributed by atoms with Gasteiger partial charge >= 0.3 is 0 Å². The molecule has 0 aliphatic rings. The number of hydrogen-bond acceptors (Lipinski definition) is 1. The maximum absolute atomic E-state index is 11.4. The van der Waals surface area contributed by atoms with Crippen molar-refractivity contribution >= 4 is 5.91 Å². The summed E-state index contributed by atoms with van der Waals surface area (Å²) >= 11 is 0. The first kappa shape index (κ1) is 15.2. The topological polar surface area (TPSA) is 29.1 Å². The summed E-state index contributed by atoms with van der Waals surface area (Å²) < 4.78 is 0. The standard InChI is InChI=1S/C14H27NO/c1-13(2,3)9-7-11-15-12(16)8-10-14(4,5)6/h8,10H,7,9,11H2,1-6H3,(H,15,16)/b10-8+. The average molecular weight is 225 g/mol. The monoisotopic (exact) mass is 225 g/mol. The number of nitrogens with one attached hydrogen (secondary N) is 1. The fourth-order valence-corrected chi connectivity index (χ4v) is 1.21. The Kier molecular flexibility index (Phi) is 5.77. The Morgan fingerprint density at radius 2 is 1.69 bits per heavy atom. The van der Waals surface area contributed by atoms with E-state index in [1.165, 1.54) is 0 Å². The summed E-state index contributed by atoms with van der Waals surface area (Å²) in [6.07, 6.45) is 5.75. The van der Waals surface area contributed by atoms with Crippen molar-refractivity contribution in [3.8, 4) is 0 Å². The van der Waals surface area contributed by atoms with Crippen LogP contribution in [-0.2, 0) is 4.79 Å².